The fourth-order valence-corrected chi connectivity index (χ4v) is 3.96. The Bertz CT molecular complexity index is 695. The summed E-state index contributed by atoms with van der Waals surface area (Å²) in [5.74, 6) is -0.969. The van der Waals surface area contributed by atoms with Gasteiger partial charge in [0, 0.05) is 12.7 Å². The van der Waals surface area contributed by atoms with Crippen molar-refractivity contribution < 1.29 is 23.8 Å². The Labute approximate surface area is 155 Å². The molecule has 1 fully saturated rings. The van der Waals surface area contributed by atoms with E-state index in [9.17, 15) is 9.59 Å². The van der Waals surface area contributed by atoms with Gasteiger partial charge < -0.3 is 14.2 Å². The van der Waals surface area contributed by atoms with Crippen LogP contribution < -0.4 is 0 Å². The number of benzene rings is 1. The zero-order valence-electron chi connectivity index (χ0n) is 16.1. The second kappa shape index (κ2) is 7.03. The van der Waals surface area contributed by atoms with Gasteiger partial charge in [0.2, 0.25) is 0 Å². The number of ether oxygens (including phenoxy) is 3. The molecule has 0 radical (unpaired) electrons. The normalized spacial score (nSPS) is 19.8. The summed E-state index contributed by atoms with van der Waals surface area (Å²) in [7, 11) is 1.73. The maximum Gasteiger partial charge on any atom is 0.338 e. The molecule has 1 atom stereocenters. The Morgan fingerprint density at radius 2 is 1.96 bits per heavy atom. The summed E-state index contributed by atoms with van der Waals surface area (Å²) in [5.41, 5.74) is 1.44. The van der Waals surface area contributed by atoms with E-state index in [4.69, 9.17) is 14.2 Å². The van der Waals surface area contributed by atoms with E-state index in [1.807, 2.05) is 32.9 Å². The van der Waals surface area contributed by atoms with E-state index < -0.39 is 11.5 Å². The van der Waals surface area contributed by atoms with E-state index in [0.717, 1.165) is 36.8 Å². The van der Waals surface area contributed by atoms with Crippen LogP contribution in [0, 0.1) is 0 Å². The van der Waals surface area contributed by atoms with Crippen LogP contribution in [0.5, 0.6) is 0 Å². The molecule has 142 valence electrons. The summed E-state index contributed by atoms with van der Waals surface area (Å²) in [6.07, 6.45) is 4.72. The monoisotopic (exact) mass is 360 g/mol. The number of rotatable bonds is 5. The predicted molar refractivity (Wildman–Crippen MR) is 97.0 cm³/mol. The van der Waals surface area contributed by atoms with Gasteiger partial charge in [-0.1, -0.05) is 25.0 Å². The van der Waals surface area contributed by atoms with Crippen molar-refractivity contribution in [2.75, 3.05) is 7.11 Å². The van der Waals surface area contributed by atoms with E-state index in [1.165, 1.54) is 0 Å². The third-order valence-electron chi connectivity index (χ3n) is 5.33. The highest BCUT2D eigenvalue weighted by atomic mass is 16.6. The standard InChI is InChI=1S/C21H28O5/c1-20(2,3)26-19(23)17(12-21(24-4)9-5-6-10-21)14-7-8-16-15(11-14)13-25-18(16)22/h7-8,11,17H,5-6,9-10,12-13H2,1-4H3. The van der Waals surface area contributed by atoms with E-state index in [1.54, 1.807) is 13.2 Å². The van der Waals surface area contributed by atoms with Crippen LogP contribution in [0.15, 0.2) is 18.2 Å². The average molecular weight is 360 g/mol. The van der Waals surface area contributed by atoms with Crippen molar-refractivity contribution in [3.8, 4) is 0 Å². The van der Waals surface area contributed by atoms with Gasteiger partial charge >= 0.3 is 11.9 Å². The molecule has 0 spiro atoms. The zero-order valence-corrected chi connectivity index (χ0v) is 16.1. The van der Waals surface area contributed by atoms with Gasteiger partial charge in [0.05, 0.1) is 17.1 Å². The molecule has 2 aliphatic rings. The lowest BCUT2D eigenvalue weighted by molar-refractivity contribution is -0.159. The van der Waals surface area contributed by atoms with Crippen molar-refractivity contribution in [2.45, 2.75) is 76.6 Å². The Kier molecular flexibility index (Phi) is 5.11. The summed E-state index contributed by atoms with van der Waals surface area (Å²) < 4.78 is 16.6. The van der Waals surface area contributed by atoms with Gasteiger partial charge in [-0.05, 0) is 51.7 Å². The molecule has 0 bridgehead atoms. The van der Waals surface area contributed by atoms with Gasteiger partial charge in [-0.25, -0.2) is 4.79 Å². The third kappa shape index (κ3) is 3.93. The highest BCUT2D eigenvalue weighted by molar-refractivity contribution is 5.93. The number of methoxy groups -OCH3 is 1. The van der Waals surface area contributed by atoms with Crippen molar-refractivity contribution in [1.82, 2.24) is 0 Å². The lowest BCUT2D eigenvalue weighted by Gasteiger charge is -2.32. The topological polar surface area (TPSA) is 61.8 Å². The molecule has 1 aliphatic heterocycles. The number of cyclic esters (lactones) is 1. The first kappa shape index (κ1) is 18.9. The first-order chi connectivity index (χ1) is 12.2. The molecule has 0 aromatic heterocycles. The van der Waals surface area contributed by atoms with Crippen molar-refractivity contribution in [2.24, 2.45) is 0 Å². The molecular formula is C21H28O5. The minimum Gasteiger partial charge on any atom is -0.459 e. The highest BCUT2D eigenvalue weighted by Gasteiger charge is 2.40. The summed E-state index contributed by atoms with van der Waals surface area (Å²) in [4.78, 5) is 24.7. The van der Waals surface area contributed by atoms with E-state index in [-0.39, 0.29) is 24.1 Å². The minimum absolute atomic E-state index is 0.244. The van der Waals surface area contributed by atoms with Gasteiger partial charge in [-0.3, -0.25) is 4.79 Å². The molecular weight excluding hydrogens is 332 g/mol. The summed E-state index contributed by atoms with van der Waals surface area (Å²) in [6, 6.07) is 5.51. The number of fused-ring (bicyclic) bond motifs is 1. The van der Waals surface area contributed by atoms with Crippen molar-refractivity contribution in [1.29, 1.82) is 0 Å². The predicted octanol–water partition coefficient (Wildman–Crippen LogP) is 4.13. The molecule has 1 unspecified atom stereocenters. The maximum absolute atomic E-state index is 13.0. The van der Waals surface area contributed by atoms with Gasteiger partial charge in [0.15, 0.2) is 0 Å². The largest absolute Gasteiger partial charge is 0.459 e. The molecule has 5 heteroatoms. The second-order valence-electron chi connectivity index (χ2n) is 8.38. The van der Waals surface area contributed by atoms with Crippen LogP contribution in [0.3, 0.4) is 0 Å². The Morgan fingerprint density at radius 1 is 1.27 bits per heavy atom. The van der Waals surface area contributed by atoms with Crippen LogP contribution in [0.4, 0.5) is 0 Å². The van der Waals surface area contributed by atoms with Crippen LogP contribution >= 0.6 is 0 Å². The van der Waals surface area contributed by atoms with Gasteiger partial charge in [-0.2, -0.15) is 0 Å². The Balaban J connectivity index is 1.92. The lowest BCUT2D eigenvalue weighted by Crippen LogP contribution is -2.35. The molecule has 1 heterocycles. The quantitative estimate of drug-likeness (QED) is 0.739. The van der Waals surface area contributed by atoms with Crippen LogP contribution in [0.2, 0.25) is 0 Å². The zero-order chi connectivity index (χ0) is 18.9. The van der Waals surface area contributed by atoms with E-state index in [0.29, 0.717) is 12.0 Å². The highest BCUT2D eigenvalue weighted by Crippen LogP contribution is 2.41. The molecule has 3 rings (SSSR count). The number of hydrogen-bond acceptors (Lipinski definition) is 5. The molecule has 0 N–H and O–H groups in total. The summed E-state index contributed by atoms with van der Waals surface area (Å²) in [6.45, 7) is 5.88. The van der Waals surface area contributed by atoms with Gasteiger partial charge in [0.25, 0.3) is 0 Å². The molecule has 1 saturated carbocycles. The molecule has 0 saturated heterocycles. The number of esters is 2. The number of carbonyl (C=O) groups is 2. The lowest BCUT2D eigenvalue weighted by atomic mass is 9.83. The molecule has 5 nitrogen and oxygen atoms in total. The molecule has 26 heavy (non-hydrogen) atoms. The molecule has 1 aromatic carbocycles. The van der Waals surface area contributed by atoms with Crippen LogP contribution in [-0.4, -0.2) is 30.3 Å². The SMILES string of the molecule is COC1(CC(C(=O)OC(C)(C)C)c2ccc3c(c2)COC3=O)CCCC1. The van der Waals surface area contributed by atoms with Gasteiger partial charge in [0.1, 0.15) is 12.2 Å². The minimum atomic E-state index is -0.555. The smallest absolute Gasteiger partial charge is 0.338 e. The first-order valence-corrected chi connectivity index (χ1v) is 9.31. The van der Waals surface area contributed by atoms with E-state index in [2.05, 4.69) is 0 Å². The van der Waals surface area contributed by atoms with Gasteiger partial charge in [-0.15, -0.1) is 0 Å². The molecule has 0 amide bonds. The first-order valence-electron chi connectivity index (χ1n) is 9.31. The average Bonchev–Trinajstić information content (AvgIpc) is 3.18. The van der Waals surface area contributed by atoms with E-state index >= 15 is 0 Å². The van der Waals surface area contributed by atoms with Crippen LogP contribution in [-0.2, 0) is 25.6 Å². The fourth-order valence-electron chi connectivity index (χ4n) is 3.96. The van der Waals surface area contributed by atoms with Crippen LogP contribution in [0.1, 0.15) is 80.3 Å². The van der Waals surface area contributed by atoms with Crippen molar-refractivity contribution in [3.63, 3.8) is 0 Å². The summed E-state index contributed by atoms with van der Waals surface area (Å²) in [5, 5.41) is 0. The maximum atomic E-state index is 13.0. The summed E-state index contributed by atoms with van der Waals surface area (Å²) >= 11 is 0. The molecule has 1 aromatic rings. The number of carbonyl (C=O) groups excluding carboxylic acids is 2. The fraction of sp³-hybridized carbons (Fsp3) is 0.619. The second-order valence-corrected chi connectivity index (χ2v) is 8.38. The molecule has 1 aliphatic carbocycles. The number of hydrogen-bond donors (Lipinski definition) is 0. The Hall–Kier alpha value is -1.88. The van der Waals surface area contributed by atoms with Crippen molar-refractivity contribution in [3.05, 3.63) is 34.9 Å². The van der Waals surface area contributed by atoms with Crippen LogP contribution in [0.25, 0.3) is 0 Å². The third-order valence-corrected chi connectivity index (χ3v) is 5.33. The Morgan fingerprint density at radius 3 is 2.58 bits per heavy atom. The van der Waals surface area contributed by atoms with Crippen molar-refractivity contribution >= 4 is 11.9 Å².